The summed E-state index contributed by atoms with van der Waals surface area (Å²) in [5.41, 5.74) is 4.64. The Morgan fingerprint density at radius 2 is 2.03 bits per heavy atom. The van der Waals surface area contributed by atoms with Crippen molar-refractivity contribution in [1.82, 2.24) is 4.90 Å². The Morgan fingerprint density at radius 3 is 2.78 bits per heavy atom. The lowest BCUT2D eigenvalue weighted by Gasteiger charge is -2.37. The predicted octanol–water partition coefficient (Wildman–Crippen LogP) is 7.40. The molecule has 0 fully saturated rings. The van der Waals surface area contributed by atoms with Crippen molar-refractivity contribution in [2.45, 2.75) is 50.9 Å². The molecule has 2 bridgehead atoms. The molecule has 0 saturated carbocycles. The molecule has 4 rings (SSSR count). The molecule has 2 aliphatic rings. The lowest BCUT2D eigenvalue weighted by atomic mass is 9.77. The molecule has 1 N–H and O–H groups in total. The van der Waals surface area contributed by atoms with Crippen molar-refractivity contribution < 1.29 is 9.84 Å². The molecule has 0 aliphatic carbocycles. The van der Waals surface area contributed by atoms with E-state index in [1.165, 1.54) is 11.1 Å². The highest BCUT2D eigenvalue weighted by molar-refractivity contribution is 6.30. The van der Waals surface area contributed by atoms with Gasteiger partial charge in [-0.3, -0.25) is 0 Å². The lowest BCUT2D eigenvalue weighted by Crippen LogP contribution is -2.36. The number of nitrogens with zero attached hydrogens (tertiary/aromatic N) is 2. The van der Waals surface area contributed by atoms with Crippen LogP contribution in [0.4, 0.5) is 5.69 Å². The summed E-state index contributed by atoms with van der Waals surface area (Å²) in [5.74, 6) is 1.19. The van der Waals surface area contributed by atoms with E-state index in [1.54, 1.807) is 0 Å². The maximum absolute atomic E-state index is 10.8. The zero-order valence-electron chi connectivity index (χ0n) is 21.9. The average molecular weight is 507 g/mol. The van der Waals surface area contributed by atoms with Crippen molar-refractivity contribution in [3.8, 4) is 5.75 Å². The van der Waals surface area contributed by atoms with Gasteiger partial charge in [0.25, 0.3) is 0 Å². The topological polar surface area (TPSA) is 35.9 Å². The molecule has 0 amide bonds. The van der Waals surface area contributed by atoms with Crippen molar-refractivity contribution >= 4 is 17.3 Å². The van der Waals surface area contributed by atoms with Crippen molar-refractivity contribution in [2.24, 2.45) is 0 Å². The van der Waals surface area contributed by atoms with Gasteiger partial charge < -0.3 is 19.6 Å². The predicted molar refractivity (Wildman–Crippen MR) is 152 cm³/mol. The fraction of sp³-hybridized carbons (Fsp3) is 0.419. The first-order valence-corrected chi connectivity index (χ1v) is 13.4. The van der Waals surface area contributed by atoms with Crippen LogP contribution in [0.5, 0.6) is 5.75 Å². The number of ether oxygens (including phenoxy) is 1. The van der Waals surface area contributed by atoms with Crippen molar-refractivity contribution in [3.63, 3.8) is 0 Å². The quantitative estimate of drug-likeness (QED) is 0.346. The van der Waals surface area contributed by atoms with E-state index in [-0.39, 0.29) is 11.7 Å². The van der Waals surface area contributed by atoms with Crippen LogP contribution in [0, 0.1) is 0 Å². The molecule has 0 radical (unpaired) electrons. The maximum Gasteiger partial charge on any atom is 0.142 e. The van der Waals surface area contributed by atoms with Gasteiger partial charge in [-0.05, 0) is 67.1 Å². The third-order valence-corrected chi connectivity index (χ3v) is 8.02. The number of likely N-dealkylation sites (N-methyl/N-ethyl adjacent to an activating group) is 1. The Hall–Kier alpha value is -2.85. The molecule has 0 saturated heterocycles. The highest BCUT2D eigenvalue weighted by Crippen LogP contribution is 2.43. The Morgan fingerprint density at radius 1 is 1.22 bits per heavy atom. The van der Waals surface area contributed by atoms with Crippen LogP contribution < -0.4 is 9.64 Å². The van der Waals surface area contributed by atoms with E-state index in [0.29, 0.717) is 6.61 Å². The number of hydrogen-bond donors (Lipinski definition) is 1. The van der Waals surface area contributed by atoms with Crippen LogP contribution in [0.3, 0.4) is 0 Å². The smallest absolute Gasteiger partial charge is 0.142 e. The fourth-order valence-corrected chi connectivity index (χ4v) is 5.60. The molecule has 2 aromatic rings. The maximum atomic E-state index is 10.8. The molecule has 0 spiro atoms. The summed E-state index contributed by atoms with van der Waals surface area (Å²) in [4.78, 5) is 4.54. The molecule has 2 aromatic carbocycles. The molecule has 192 valence electrons. The van der Waals surface area contributed by atoms with Crippen molar-refractivity contribution in [2.75, 3.05) is 38.2 Å². The minimum absolute atomic E-state index is 0.0856. The van der Waals surface area contributed by atoms with E-state index < -0.39 is 5.41 Å². The number of aliphatic hydroxyl groups is 1. The monoisotopic (exact) mass is 506 g/mol. The second kappa shape index (κ2) is 11.0. The van der Waals surface area contributed by atoms with Gasteiger partial charge in [0.15, 0.2) is 0 Å². The third kappa shape index (κ3) is 5.15. The lowest BCUT2D eigenvalue weighted by molar-refractivity contribution is 0.290. The summed E-state index contributed by atoms with van der Waals surface area (Å²) in [5, 5.41) is 11.6. The van der Waals surface area contributed by atoms with Crippen LogP contribution in [0.1, 0.15) is 55.7 Å². The highest BCUT2D eigenvalue weighted by Gasteiger charge is 2.37. The van der Waals surface area contributed by atoms with Crippen LogP contribution in [0.15, 0.2) is 73.2 Å². The van der Waals surface area contributed by atoms with Crippen molar-refractivity contribution in [3.05, 3.63) is 94.9 Å². The van der Waals surface area contributed by atoms with Crippen LogP contribution in [-0.4, -0.2) is 43.3 Å². The third-order valence-electron chi connectivity index (χ3n) is 7.78. The number of hydrogen-bond acceptors (Lipinski definition) is 4. The van der Waals surface area contributed by atoms with Gasteiger partial charge in [-0.2, -0.15) is 0 Å². The number of anilines is 1. The summed E-state index contributed by atoms with van der Waals surface area (Å²) in [7, 11) is 2.01. The normalized spacial score (nSPS) is 23.6. The summed E-state index contributed by atoms with van der Waals surface area (Å²) in [6.45, 7) is 15.6. The van der Waals surface area contributed by atoms with Gasteiger partial charge in [0, 0.05) is 43.3 Å². The van der Waals surface area contributed by atoms with E-state index in [9.17, 15) is 5.11 Å². The highest BCUT2D eigenvalue weighted by atomic mass is 35.5. The summed E-state index contributed by atoms with van der Waals surface area (Å²) >= 11 is 6.36. The van der Waals surface area contributed by atoms with Crippen LogP contribution in [0.2, 0.25) is 5.02 Å². The molecule has 4 nitrogen and oxygen atoms in total. The summed E-state index contributed by atoms with van der Waals surface area (Å²) in [6, 6.07) is 12.5. The van der Waals surface area contributed by atoms with E-state index in [1.807, 2.05) is 32.2 Å². The first-order chi connectivity index (χ1) is 17.3. The van der Waals surface area contributed by atoms with E-state index >= 15 is 0 Å². The van der Waals surface area contributed by atoms with Crippen LogP contribution in [-0.2, 0) is 11.8 Å². The number of aliphatic hydroxyl groups excluding tert-OH is 1. The molecule has 0 aromatic heterocycles. The van der Waals surface area contributed by atoms with Gasteiger partial charge in [-0.25, -0.2) is 0 Å². The molecule has 2 heterocycles. The van der Waals surface area contributed by atoms with Crippen molar-refractivity contribution in [1.29, 1.82) is 0 Å². The van der Waals surface area contributed by atoms with E-state index in [0.717, 1.165) is 73.0 Å². The molecule has 2 atom stereocenters. The zero-order valence-corrected chi connectivity index (χ0v) is 22.7. The first-order valence-electron chi connectivity index (χ1n) is 13.0. The van der Waals surface area contributed by atoms with Gasteiger partial charge in [0.2, 0.25) is 0 Å². The molecule has 36 heavy (non-hydrogen) atoms. The number of benzene rings is 2. The van der Waals surface area contributed by atoms with Gasteiger partial charge in [-0.1, -0.05) is 62.4 Å². The van der Waals surface area contributed by atoms with Gasteiger partial charge in [-0.15, -0.1) is 0 Å². The van der Waals surface area contributed by atoms with Crippen LogP contribution >= 0.6 is 11.6 Å². The molecular weight excluding hydrogens is 468 g/mol. The Bertz CT molecular complexity index is 1160. The molecule has 2 aliphatic heterocycles. The van der Waals surface area contributed by atoms with Crippen LogP contribution in [0.25, 0.3) is 0 Å². The number of allylic oxidation sites excluding steroid dienone is 1. The molecular formula is C31H39ClN2O2. The summed E-state index contributed by atoms with van der Waals surface area (Å²) < 4.78 is 6.46. The number of fused-ring (bicyclic) bond motifs is 1. The Kier molecular flexibility index (Phi) is 8.04. The standard InChI is InChI=1S/C31H39ClN2O2/c1-6-11-24-18-27(32)13-14-28(24)25-20-34-17-10-8-7-9-16-33(5)22(2)31(4,23(3)35)26-12-15-30(36-21-25)29(34)19-26/h7,9,12-15,18-19,25,35H,2-3,6,8,10-11,16-17,20-21H2,1,4-5H3/b9-7-. The number of rotatable bonds is 4. The minimum Gasteiger partial charge on any atom is -0.512 e. The van der Waals surface area contributed by atoms with Gasteiger partial charge >= 0.3 is 0 Å². The Labute approximate surface area is 221 Å². The second-order valence-electron chi connectivity index (χ2n) is 10.2. The first kappa shape index (κ1) is 26.2. The summed E-state index contributed by atoms with van der Waals surface area (Å²) in [6.07, 6.45) is 8.55. The minimum atomic E-state index is -0.812. The average Bonchev–Trinajstić information content (AvgIpc) is 3.03. The zero-order chi connectivity index (χ0) is 25.9. The largest absolute Gasteiger partial charge is 0.512 e. The van der Waals surface area contributed by atoms with E-state index in [4.69, 9.17) is 16.3 Å². The second-order valence-corrected chi connectivity index (χ2v) is 10.7. The molecule has 5 heteroatoms. The molecule has 2 unspecified atom stereocenters. The fourth-order valence-electron chi connectivity index (χ4n) is 5.41. The van der Waals surface area contributed by atoms with E-state index in [2.05, 4.69) is 60.2 Å². The van der Waals surface area contributed by atoms with Gasteiger partial charge in [0.05, 0.1) is 17.7 Å². The van der Waals surface area contributed by atoms with Gasteiger partial charge in [0.1, 0.15) is 11.5 Å². The number of aryl methyl sites for hydroxylation is 1. The Balaban J connectivity index is 1.79. The SMILES string of the molecule is C=C(O)C1(C)C(=C)N(C)C/C=C\CCCN2CC(c3ccc(Cl)cc3CCC)COc3ccc1cc32. The number of halogens is 1.